The predicted molar refractivity (Wildman–Crippen MR) is 66.5 cm³/mol. The Morgan fingerprint density at radius 3 is 2.20 bits per heavy atom. The third-order valence-electron chi connectivity index (χ3n) is 4.30. The largest absolute Gasteiger partial charge is 0.159 e. The normalized spacial score (nSPS) is 42.9. The quantitative estimate of drug-likeness (QED) is 0.400. The fourth-order valence-corrected chi connectivity index (χ4v) is 4.11. The lowest BCUT2D eigenvalue weighted by Crippen LogP contribution is -2.45. The van der Waals surface area contributed by atoms with Crippen LogP contribution in [0.4, 0.5) is 0 Å². The van der Waals surface area contributed by atoms with Crippen LogP contribution in [0.5, 0.6) is 0 Å². The fourth-order valence-electron chi connectivity index (χ4n) is 3.97. The van der Waals surface area contributed by atoms with Gasteiger partial charge in [0.25, 0.3) is 0 Å². The van der Waals surface area contributed by atoms with Crippen molar-refractivity contribution in [3.63, 3.8) is 0 Å². The van der Waals surface area contributed by atoms with Gasteiger partial charge in [0, 0.05) is 5.71 Å². The molecule has 0 aromatic rings. The third-order valence-corrected chi connectivity index (χ3v) is 4.61. The third kappa shape index (κ3) is 1.75. The number of hydrogen-bond donors (Lipinski definition) is 0. The second kappa shape index (κ2) is 3.93. The van der Waals surface area contributed by atoms with Crippen molar-refractivity contribution in [2.24, 2.45) is 33.9 Å². The van der Waals surface area contributed by atoms with Crippen LogP contribution < -0.4 is 0 Å². The highest BCUT2D eigenvalue weighted by Crippen LogP contribution is 2.52. The van der Waals surface area contributed by atoms with Crippen molar-refractivity contribution >= 4 is 23.0 Å². The van der Waals surface area contributed by atoms with Crippen molar-refractivity contribution in [2.45, 2.75) is 32.1 Å². The molecular weight excluding hydrogens is 204 g/mol. The highest BCUT2D eigenvalue weighted by atomic mass is 32.2. The summed E-state index contributed by atoms with van der Waals surface area (Å²) >= 11 is 1.63. The molecule has 4 saturated carbocycles. The van der Waals surface area contributed by atoms with Gasteiger partial charge in [0.05, 0.1) is 5.55 Å². The van der Waals surface area contributed by atoms with E-state index in [2.05, 4.69) is 10.2 Å². The first-order valence-corrected chi connectivity index (χ1v) is 7.27. The molecule has 0 heterocycles. The van der Waals surface area contributed by atoms with Gasteiger partial charge in [-0.2, -0.15) is 10.2 Å². The molecule has 0 aliphatic heterocycles. The average molecular weight is 222 g/mol. The van der Waals surface area contributed by atoms with E-state index in [1.165, 1.54) is 37.8 Å². The molecule has 4 aliphatic carbocycles. The zero-order chi connectivity index (χ0) is 10.3. The molecule has 0 N–H and O–H groups in total. The van der Waals surface area contributed by atoms with Gasteiger partial charge in [-0.25, -0.2) is 0 Å². The summed E-state index contributed by atoms with van der Waals surface area (Å²) in [5.41, 5.74) is 3.28. The van der Waals surface area contributed by atoms with Gasteiger partial charge in [-0.1, -0.05) is 0 Å². The molecule has 4 bridgehead atoms. The fraction of sp³-hybridized carbons (Fsp3) is 0.833. The molecule has 15 heavy (non-hydrogen) atoms. The van der Waals surface area contributed by atoms with E-state index in [1.807, 2.05) is 11.8 Å². The zero-order valence-electron chi connectivity index (χ0n) is 9.22. The molecule has 0 atom stereocenters. The van der Waals surface area contributed by atoms with E-state index >= 15 is 0 Å². The molecular formula is C12H18N2S. The molecule has 0 aromatic carbocycles. The lowest BCUT2D eigenvalue weighted by molar-refractivity contribution is 0.108. The number of hydrogen-bond acceptors (Lipinski definition) is 3. The second-order valence-electron chi connectivity index (χ2n) is 5.29. The van der Waals surface area contributed by atoms with Crippen molar-refractivity contribution in [1.29, 1.82) is 0 Å². The van der Waals surface area contributed by atoms with Gasteiger partial charge in [0.1, 0.15) is 0 Å². The molecule has 4 fully saturated rings. The summed E-state index contributed by atoms with van der Waals surface area (Å²) in [7, 11) is 0. The van der Waals surface area contributed by atoms with E-state index in [9.17, 15) is 0 Å². The maximum atomic E-state index is 4.48. The zero-order valence-corrected chi connectivity index (χ0v) is 10.0. The maximum absolute atomic E-state index is 4.48. The van der Waals surface area contributed by atoms with Crippen molar-refractivity contribution in [3.05, 3.63) is 0 Å². The molecule has 0 aromatic heterocycles. The highest BCUT2D eigenvalue weighted by Gasteiger charge is 2.46. The van der Waals surface area contributed by atoms with Crippen LogP contribution >= 0.6 is 11.8 Å². The van der Waals surface area contributed by atoms with Crippen LogP contribution in [0, 0.1) is 23.7 Å². The predicted octanol–water partition coefficient (Wildman–Crippen LogP) is 3.19. The first-order valence-electron chi connectivity index (χ1n) is 5.99. The number of thioether (sulfide) groups is 1. The Kier molecular flexibility index (Phi) is 2.59. The van der Waals surface area contributed by atoms with E-state index in [0.29, 0.717) is 0 Å². The Labute approximate surface area is 95.6 Å². The minimum absolute atomic E-state index is 0.792. The Hall–Kier alpha value is -0.310. The van der Waals surface area contributed by atoms with Gasteiger partial charge >= 0.3 is 0 Å². The number of nitrogens with zero attached hydrogens (tertiary/aromatic N) is 2. The van der Waals surface area contributed by atoms with Crippen LogP contribution in [0.2, 0.25) is 0 Å². The van der Waals surface area contributed by atoms with E-state index in [-0.39, 0.29) is 0 Å². The summed E-state index contributed by atoms with van der Waals surface area (Å²) in [6.07, 6.45) is 9.15. The molecule has 0 radical (unpaired) electrons. The molecule has 4 aliphatic rings. The molecule has 0 unspecified atom stereocenters. The van der Waals surface area contributed by atoms with Gasteiger partial charge in [-0.3, -0.25) is 0 Å². The number of rotatable bonds is 2. The average Bonchev–Trinajstić information content (AvgIpc) is 2.21. The molecule has 3 heteroatoms. The smallest absolute Gasteiger partial charge is 0.0822 e. The van der Waals surface area contributed by atoms with Crippen LogP contribution in [0.3, 0.4) is 0 Å². The Morgan fingerprint density at radius 1 is 1.07 bits per heavy atom. The molecule has 0 amide bonds. The molecule has 0 spiro atoms. The topological polar surface area (TPSA) is 24.7 Å². The SMILES string of the molecule is CS/C=N/N=C1C2CC3CC(C2)CC1C3. The first-order chi connectivity index (χ1) is 7.36. The molecule has 82 valence electrons. The van der Waals surface area contributed by atoms with Crippen molar-refractivity contribution in [1.82, 2.24) is 0 Å². The maximum Gasteiger partial charge on any atom is 0.0822 e. The summed E-state index contributed by atoms with van der Waals surface area (Å²) in [6.45, 7) is 0. The summed E-state index contributed by atoms with van der Waals surface area (Å²) in [6, 6.07) is 0. The van der Waals surface area contributed by atoms with Crippen LogP contribution in [-0.2, 0) is 0 Å². The van der Waals surface area contributed by atoms with Crippen molar-refractivity contribution in [3.8, 4) is 0 Å². The summed E-state index contributed by atoms with van der Waals surface area (Å²) in [5.74, 6) is 3.63. The van der Waals surface area contributed by atoms with Crippen molar-refractivity contribution < 1.29 is 0 Å². The minimum atomic E-state index is 0.792. The van der Waals surface area contributed by atoms with Gasteiger partial charge < -0.3 is 0 Å². The summed E-state index contributed by atoms with van der Waals surface area (Å²) in [4.78, 5) is 0. The Morgan fingerprint density at radius 2 is 1.67 bits per heavy atom. The van der Waals surface area contributed by atoms with Crippen LogP contribution in [-0.4, -0.2) is 17.5 Å². The van der Waals surface area contributed by atoms with Crippen molar-refractivity contribution in [2.75, 3.05) is 6.26 Å². The van der Waals surface area contributed by atoms with Crippen LogP contribution in [0.1, 0.15) is 32.1 Å². The highest BCUT2D eigenvalue weighted by molar-refractivity contribution is 8.11. The van der Waals surface area contributed by atoms with Crippen LogP contribution in [0.15, 0.2) is 10.2 Å². The van der Waals surface area contributed by atoms with Gasteiger partial charge in [0.2, 0.25) is 0 Å². The minimum Gasteiger partial charge on any atom is -0.159 e. The lowest BCUT2D eigenvalue weighted by atomic mass is 9.55. The second-order valence-corrected chi connectivity index (χ2v) is 5.97. The molecule has 4 rings (SSSR count). The van der Waals surface area contributed by atoms with E-state index in [1.54, 1.807) is 11.8 Å². The lowest BCUT2D eigenvalue weighted by Gasteiger charge is -2.50. The monoisotopic (exact) mass is 222 g/mol. The molecule has 0 saturated heterocycles. The first kappa shape index (κ1) is 9.88. The van der Waals surface area contributed by atoms with Gasteiger partial charge in [-0.15, -0.1) is 11.8 Å². The summed E-state index contributed by atoms with van der Waals surface area (Å²) < 4.78 is 0. The van der Waals surface area contributed by atoms with E-state index < -0.39 is 0 Å². The Bertz CT molecular complexity index is 279. The van der Waals surface area contributed by atoms with Gasteiger partial charge in [0.15, 0.2) is 0 Å². The van der Waals surface area contributed by atoms with E-state index in [4.69, 9.17) is 0 Å². The summed E-state index contributed by atoms with van der Waals surface area (Å²) in [5, 5.41) is 8.64. The Balaban J connectivity index is 1.80. The molecule has 2 nitrogen and oxygen atoms in total. The standard InChI is InChI=1S/C12H18N2S/c1-15-7-13-14-12-10-3-8-2-9(5-10)6-11(12)4-8/h7-11H,2-6H2,1H3/b13-7+,14-12?. The van der Waals surface area contributed by atoms with Gasteiger partial charge in [-0.05, 0) is 62.0 Å². The van der Waals surface area contributed by atoms with Crippen LogP contribution in [0.25, 0.3) is 0 Å². The van der Waals surface area contributed by atoms with E-state index in [0.717, 1.165) is 23.7 Å².